The van der Waals surface area contributed by atoms with Gasteiger partial charge in [0.2, 0.25) is 0 Å². The van der Waals surface area contributed by atoms with Gasteiger partial charge in [0.25, 0.3) is 0 Å². The number of nitrogens with zero attached hydrogens (tertiary/aromatic N) is 1. The first-order chi connectivity index (χ1) is 8.72. The highest BCUT2D eigenvalue weighted by Gasteiger charge is 2.08. The lowest BCUT2D eigenvalue weighted by molar-refractivity contribution is 0.916. The highest BCUT2D eigenvalue weighted by atomic mass is 35.5. The minimum Gasteiger partial charge on any atom is -0.370 e. The fraction of sp³-hybridized carbons (Fsp3) is 0.200. The Labute approximate surface area is 118 Å². The number of rotatable bonds is 4. The Morgan fingerprint density at radius 3 is 2.22 bits per heavy atom. The van der Waals surface area contributed by atoms with Crippen LogP contribution in [0.3, 0.4) is 0 Å². The van der Waals surface area contributed by atoms with E-state index in [2.05, 4.69) is 18.0 Å². The molecule has 0 saturated heterocycles. The fourth-order valence-corrected chi connectivity index (χ4v) is 2.39. The van der Waals surface area contributed by atoms with Gasteiger partial charge in [-0.25, -0.2) is 0 Å². The van der Waals surface area contributed by atoms with Gasteiger partial charge in [-0.3, -0.25) is 0 Å². The average molecular weight is 280 g/mol. The van der Waals surface area contributed by atoms with E-state index in [-0.39, 0.29) is 0 Å². The molecule has 94 valence electrons. The SMILES string of the molecule is CN(Cc1ccccc1Cl)c1ccccc1CCl. The van der Waals surface area contributed by atoms with Crippen LogP contribution in [0.4, 0.5) is 5.69 Å². The van der Waals surface area contributed by atoms with Gasteiger partial charge in [-0.1, -0.05) is 48.0 Å². The van der Waals surface area contributed by atoms with Gasteiger partial charge in [0.05, 0.1) is 0 Å². The minimum atomic E-state index is 0.517. The lowest BCUT2D eigenvalue weighted by Gasteiger charge is -2.22. The standard InChI is InChI=1S/C15H15Cl2N/c1-18(11-13-7-2-4-8-14(13)17)15-9-5-3-6-12(15)10-16/h2-9H,10-11H2,1H3. The van der Waals surface area contributed by atoms with E-state index in [0.29, 0.717) is 5.88 Å². The summed E-state index contributed by atoms with van der Waals surface area (Å²) in [6.45, 7) is 0.771. The summed E-state index contributed by atoms with van der Waals surface area (Å²) in [5, 5.41) is 0.799. The van der Waals surface area contributed by atoms with Crippen LogP contribution in [0.1, 0.15) is 11.1 Å². The van der Waals surface area contributed by atoms with Gasteiger partial charge in [0, 0.05) is 30.2 Å². The number of para-hydroxylation sites is 1. The summed E-state index contributed by atoms with van der Waals surface area (Å²) < 4.78 is 0. The smallest absolute Gasteiger partial charge is 0.0494 e. The predicted molar refractivity (Wildman–Crippen MR) is 79.6 cm³/mol. The predicted octanol–water partition coefficient (Wildman–Crippen LogP) is 4.72. The largest absolute Gasteiger partial charge is 0.370 e. The van der Waals surface area contributed by atoms with Crippen molar-refractivity contribution in [1.82, 2.24) is 0 Å². The molecule has 2 aromatic rings. The molecule has 0 atom stereocenters. The van der Waals surface area contributed by atoms with E-state index in [0.717, 1.165) is 28.4 Å². The molecule has 0 saturated carbocycles. The molecule has 0 aliphatic heterocycles. The van der Waals surface area contributed by atoms with E-state index in [9.17, 15) is 0 Å². The second-order valence-corrected chi connectivity index (χ2v) is 4.88. The van der Waals surface area contributed by atoms with Crippen molar-refractivity contribution in [3.05, 3.63) is 64.7 Å². The molecule has 2 aromatic carbocycles. The summed E-state index contributed by atoms with van der Waals surface area (Å²) in [7, 11) is 2.05. The first-order valence-electron chi connectivity index (χ1n) is 5.81. The number of benzene rings is 2. The van der Waals surface area contributed by atoms with Crippen LogP contribution in [-0.2, 0) is 12.4 Å². The fourth-order valence-electron chi connectivity index (χ4n) is 1.96. The van der Waals surface area contributed by atoms with Crippen molar-refractivity contribution in [1.29, 1.82) is 0 Å². The van der Waals surface area contributed by atoms with Gasteiger partial charge in [-0.2, -0.15) is 0 Å². The number of hydrogen-bond donors (Lipinski definition) is 0. The third kappa shape index (κ3) is 2.98. The third-order valence-electron chi connectivity index (χ3n) is 2.91. The summed E-state index contributed by atoms with van der Waals surface area (Å²) in [5.41, 5.74) is 3.40. The van der Waals surface area contributed by atoms with Gasteiger partial charge >= 0.3 is 0 Å². The van der Waals surface area contributed by atoms with E-state index in [1.807, 2.05) is 42.5 Å². The molecule has 0 bridgehead atoms. The molecule has 0 spiro atoms. The second kappa shape index (κ2) is 6.12. The molecule has 0 aliphatic rings. The molecule has 0 heterocycles. The van der Waals surface area contributed by atoms with Crippen molar-refractivity contribution < 1.29 is 0 Å². The maximum Gasteiger partial charge on any atom is 0.0494 e. The van der Waals surface area contributed by atoms with Crippen molar-refractivity contribution in [2.45, 2.75) is 12.4 Å². The van der Waals surface area contributed by atoms with Crippen LogP contribution in [-0.4, -0.2) is 7.05 Å². The normalized spacial score (nSPS) is 10.4. The Hall–Kier alpha value is -1.18. The number of anilines is 1. The Kier molecular flexibility index (Phi) is 4.51. The summed E-state index contributed by atoms with van der Waals surface area (Å²) in [6.07, 6.45) is 0. The van der Waals surface area contributed by atoms with E-state index in [1.54, 1.807) is 0 Å². The average Bonchev–Trinajstić information content (AvgIpc) is 2.41. The molecule has 3 heteroatoms. The summed E-state index contributed by atoms with van der Waals surface area (Å²) in [4.78, 5) is 2.17. The van der Waals surface area contributed by atoms with Crippen LogP contribution in [0, 0.1) is 0 Å². The molecular weight excluding hydrogens is 265 g/mol. The topological polar surface area (TPSA) is 3.24 Å². The van der Waals surface area contributed by atoms with Crippen molar-refractivity contribution in [3.8, 4) is 0 Å². The van der Waals surface area contributed by atoms with Crippen LogP contribution in [0.5, 0.6) is 0 Å². The molecule has 0 aliphatic carbocycles. The quantitative estimate of drug-likeness (QED) is 0.733. The molecular formula is C15H15Cl2N. The zero-order valence-electron chi connectivity index (χ0n) is 10.2. The van der Waals surface area contributed by atoms with Crippen LogP contribution < -0.4 is 4.90 Å². The van der Waals surface area contributed by atoms with Crippen molar-refractivity contribution in [3.63, 3.8) is 0 Å². The molecule has 0 fully saturated rings. The highest BCUT2D eigenvalue weighted by molar-refractivity contribution is 6.31. The van der Waals surface area contributed by atoms with Gasteiger partial charge in [0.15, 0.2) is 0 Å². The maximum atomic E-state index is 6.18. The monoisotopic (exact) mass is 279 g/mol. The van der Waals surface area contributed by atoms with E-state index < -0.39 is 0 Å². The molecule has 2 rings (SSSR count). The van der Waals surface area contributed by atoms with Gasteiger partial charge in [0.1, 0.15) is 0 Å². The summed E-state index contributed by atoms with van der Waals surface area (Å²) in [5.74, 6) is 0.517. The minimum absolute atomic E-state index is 0.517. The molecule has 1 nitrogen and oxygen atoms in total. The molecule has 0 N–H and O–H groups in total. The number of alkyl halides is 1. The number of halogens is 2. The highest BCUT2D eigenvalue weighted by Crippen LogP contribution is 2.24. The Bertz CT molecular complexity index is 525. The molecule has 0 amide bonds. The molecule has 0 unspecified atom stereocenters. The Balaban J connectivity index is 2.22. The second-order valence-electron chi connectivity index (χ2n) is 4.21. The third-order valence-corrected chi connectivity index (χ3v) is 3.57. The number of hydrogen-bond acceptors (Lipinski definition) is 1. The Morgan fingerprint density at radius 1 is 0.944 bits per heavy atom. The maximum absolute atomic E-state index is 6.18. The zero-order valence-corrected chi connectivity index (χ0v) is 11.7. The lowest BCUT2D eigenvalue weighted by Crippen LogP contribution is -2.17. The molecule has 18 heavy (non-hydrogen) atoms. The molecule has 0 aromatic heterocycles. The van der Waals surface area contributed by atoms with E-state index in [4.69, 9.17) is 23.2 Å². The zero-order chi connectivity index (χ0) is 13.0. The van der Waals surface area contributed by atoms with Crippen LogP contribution in [0.2, 0.25) is 5.02 Å². The van der Waals surface area contributed by atoms with Crippen LogP contribution >= 0.6 is 23.2 Å². The van der Waals surface area contributed by atoms with E-state index in [1.165, 1.54) is 0 Å². The summed E-state index contributed by atoms with van der Waals surface area (Å²) in [6, 6.07) is 16.1. The van der Waals surface area contributed by atoms with Gasteiger partial charge < -0.3 is 4.90 Å². The van der Waals surface area contributed by atoms with Gasteiger partial charge in [-0.15, -0.1) is 11.6 Å². The lowest BCUT2D eigenvalue weighted by atomic mass is 10.1. The first-order valence-corrected chi connectivity index (χ1v) is 6.72. The first kappa shape index (κ1) is 13.3. The van der Waals surface area contributed by atoms with Crippen LogP contribution in [0.25, 0.3) is 0 Å². The van der Waals surface area contributed by atoms with Crippen molar-refractivity contribution >= 4 is 28.9 Å². The van der Waals surface area contributed by atoms with Crippen LogP contribution in [0.15, 0.2) is 48.5 Å². The summed E-state index contributed by atoms with van der Waals surface area (Å²) >= 11 is 12.1. The van der Waals surface area contributed by atoms with E-state index >= 15 is 0 Å². The molecule has 0 radical (unpaired) electrons. The van der Waals surface area contributed by atoms with Crippen molar-refractivity contribution in [2.75, 3.05) is 11.9 Å². The van der Waals surface area contributed by atoms with Crippen molar-refractivity contribution in [2.24, 2.45) is 0 Å². The van der Waals surface area contributed by atoms with Gasteiger partial charge in [-0.05, 0) is 23.3 Å². The Morgan fingerprint density at radius 2 is 1.56 bits per heavy atom.